The highest BCUT2D eigenvalue weighted by Crippen LogP contribution is 2.21. The molecule has 3 nitrogen and oxygen atoms in total. The highest BCUT2D eigenvalue weighted by atomic mass is 16.5. The fourth-order valence-electron chi connectivity index (χ4n) is 3.38. The van der Waals surface area contributed by atoms with E-state index in [1.807, 2.05) is 54.6 Å². The van der Waals surface area contributed by atoms with E-state index in [1.54, 1.807) is 7.11 Å². The third-order valence-corrected chi connectivity index (χ3v) is 5.02. The highest BCUT2D eigenvalue weighted by molar-refractivity contribution is 5.96. The SMILES string of the molecule is CC[C@H](NC(=O)c1ccccc1CCc1ccccc1)c1ccc(OC)cc1. The number of benzene rings is 3. The van der Waals surface area contributed by atoms with E-state index in [0.29, 0.717) is 0 Å². The molecule has 1 N–H and O–H groups in total. The van der Waals surface area contributed by atoms with Gasteiger partial charge in [-0.1, -0.05) is 67.6 Å². The van der Waals surface area contributed by atoms with Crippen LogP contribution in [-0.4, -0.2) is 13.0 Å². The zero-order valence-electron chi connectivity index (χ0n) is 16.5. The number of aryl methyl sites for hydroxylation is 2. The van der Waals surface area contributed by atoms with Gasteiger partial charge in [0, 0.05) is 5.56 Å². The molecule has 0 spiro atoms. The maximum Gasteiger partial charge on any atom is 0.252 e. The largest absolute Gasteiger partial charge is 0.497 e. The molecule has 1 atom stereocenters. The van der Waals surface area contributed by atoms with Crippen molar-refractivity contribution in [1.82, 2.24) is 5.32 Å². The molecular weight excluding hydrogens is 346 g/mol. The zero-order chi connectivity index (χ0) is 19.8. The Kier molecular flexibility index (Phi) is 6.85. The van der Waals surface area contributed by atoms with Crippen LogP contribution >= 0.6 is 0 Å². The zero-order valence-corrected chi connectivity index (χ0v) is 16.5. The minimum absolute atomic E-state index is 0.0219. The second kappa shape index (κ2) is 9.75. The smallest absolute Gasteiger partial charge is 0.252 e. The van der Waals surface area contributed by atoms with E-state index in [1.165, 1.54) is 5.56 Å². The van der Waals surface area contributed by atoms with Crippen LogP contribution in [0.15, 0.2) is 78.9 Å². The summed E-state index contributed by atoms with van der Waals surface area (Å²) in [5.74, 6) is 0.794. The molecule has 0 aromatic heterocycles. The van der Waals surface area contributed by atoms with Gasteiger partial charge in [0.15, 0.2) is 0 Å². The number of methoxy groups -OCH3 is 1. The number of amides is 1. The summed E-state index contributed by atoms with van der Waals surface area (Å²) in [5.41, 5.74) is 4.19. The fourth-order valence-corrected chi connectivity index (χ4v) is 3.38. The van der Waals surface area contributed by atoms with Crippen molar-refractivity contribution in [2.75, 3.05) is 7.11 Å². The Labute approximate surface area is 167 Å². The second-order valence-electron chi connectivity index (χ2n) is 6.85. The molecule has 0 aliphatic carbocycles. The summed E-state index contributed by atoms with van der Waals surface area (Å²) in [4.78, 5) is 13.0. The number of ether oxygens (including phenoxy) is 1. The van der Waals surface area contributed by atoms with Gasteiger partial charge >= 0.3 is 0 Å². The van der Waals surface area contributed by atoms with E-state index >= 15 is 0 Å². The lowest BCUT2D eigenvalue weighted by Crippen LogP contribution is -2.29. The maximum atomic E-state index is 13.0. The highest BCUT2D eigenvalue weighted by Gasteiger charge is 2.16. The Morgan fingerprint density at radius 1 is 0.893 bits per heavy atom. The predicted octanol–water partition coefficient (Wildman–Crippen LogP) is 5.36. The van der Waals surface area contributed by atoms with Crippen LogP contribution in [0.4, 0.5) is 0 Å². The van der Waals surface area contributed by atoms with Crippen molar-refractivity contribution in [3.05, 3.63) is 101 Å². The van der Waals surface area contributed by atoms with Crippen molar-refractivity contribution in [2.45, 2.75) is 32.2 Å². The topological polar surface area (TPSA) is 38.3 Å². The van der Waals surface area contributed by atoms with Crippen molar-refractivity contribution >= 4 is 5.91 Å². The Balaban J connectivity index is 1.72. The van der Waals surface area contributed by atoms with Crippen molar-refractivity contribution in [3.8, 4) is 5.75 Å². The molecule has 0 bridgehead atoms. The molecule has 0 fully saturated rings. The normalized spacial score (nSPS) is 11.6. The fraction of sp³-hybridized carbons (Fsp3) is 0.240. The van der Waals surface area contributed by atoms with Crippen molar-refractivity contribution < 1.29 is 9.53 Å². The summed E-state index contributed by atoms with van der Waals surface area (Å²) >= 11 is 0. The number of hydrogen-bond donors (Lipinski definition) is 1. The van der Waals surface area contributed by atoms with E-state index in [4.69, 9.17) is 4.74 Å². The number of rotatable bonds is 8. The van der Waals surface area contributed by atoms with Crippen LogP contribution < -0.4 is 10.1 Å². The first-order valence-corrected chi connectivity index (χ1v) is 9.78. The van der Waals surface area contributed by atoms with Crippen molar-refractivity contribution in [1.29, 1.82) is 0 Å². The van der Waals surface area contributed by atoms with Gasteiger partial charge < -0.3 is 10.1 Å². The Hall–Kier alpha value is -3.07. The van der Waals surface area contributed by atoms with E-state index in [9.17, 15) is 4.79 Å². The van der Waals surface area contributed by atoms with Gasteiger partial charge in [-0.15, -0.1) is 0 Å². The van der Waals surface area contributed by atoms with E-state index in [2.05, 4.69) is 36.5 Å². The standard InChI is InChI=1S/C25H27NO2/c1-3-24(21-15-17-22(28-2)18-16-21)26-25(27)23-12-8-7-11-20(23)14-13-19-9-5-4-6-10-19/h4-12,15-18,24H,3,13-14H2,1-2H3,(H,26,27)/t24-/m0/s1. The predicted molar refractivity (Wildman–Crippen MR) is 114 cm³/mol. The molecule has 3 rings (SSSR count). The molecule has 3 aromatic carbocycles. The van der Waals surface area contributed by atoms with E-state index < -0.39 is 0 Å². The molecule has 0 radical (unpaired) electrons. The van der Waals surface area contributed by atoms with Gasteiger partial charge in [0.05, 0.1) is 13.2 Å². The van der Waals surface area contributed by atoms with Crippen LogP contribution in [0.5, 0.6) is 5.75 Å². The molecule has 28 heavy (non-hydrogen) atoms. The number of carbonyl (C=O) groups is 1. The lowest BCUT2D eigenvalue weighted by molar-refractivity contribution is 0.0934. The molecule has 1 amide bonds. The average Bonchev–Trinajstić information content (AvgIpc) is 2.77. The van der Waals surface area contributed by atoms with E-state index in [-0.39, 0.29) is 11.9 Å². The van der Waals surface area contributed by atoms with Gasteiger partial charge in [-0.3, -0.25) is 4.79 Å². The molecule has 0 saturated heterocycles. The van der Waals surface area contributed by atoms with Gasteiger partial charge in [-0.05, 0) is 54.2 Å². The van der Waals surface area contributed by atoms with Gasteiger partial charge in [0.1, 0.15) is 5.75 Å². The number of carbonyl (C=O) groups excluding carboxylic acids is 1. The van der Waals surface area contributed by atoms with Crippen molar-refractivity contribution in [2.24, 2.45) is 0 Å². The summed E-state index contributed by atoms with van der Waals surface area (Å²) in [6.07, 6.45) is 2.58. The molecule has 3 aromatic rings. The van der Waals surface area contributed by atoms with Crippen LogP contribution in [-0.2, 0) is 12.8 Å². The van der Waals surface area contributed by atoms with Gasteiger partial charge in [0.25, 0.3) is 5.91 Å². The van der Waals surface area contributed by atoms with E-state index in [0.717, 1.165) is 41.7 Å². The summed E-state index contributed by atoms with van der Waals surface area (Å²) in [7, 11) is 1.65. The number of nitrogens with one attached hydrogen (secondary N) is 1. The van der Waals surface area contributed by atoms with Crippen LogP contribution in [0.1, 0.15) is 46.4 Å². The molecule has 0 heterocycles. The lowest BCUT2D eigenvalue weighted by Gasteiger charge is -2.19. The van der Waals surface area contributed by atoms with Gasteiger partial charge in [0.2, 0.25) is 0 Å². The molecular formula is C25H27NO2. The summed E-state index contributed by atoms with van der Waals surface area (Å²) in [5, 5.41) is 3.20. The van der Waals surface area contributed by atoms with Crippen LogP contribution in [0.25, 0.3) is 0 Å². The second-order valence-corrected chi connectivity index (χ2v) is 6.85. The first-order chi connectivity index (χ1) is 13.7. The molecule has 3 heteroatoms. The Morgan fingerprint density at radius 3 is 2.25 bits per heavy atom. The lowest BCUT2D eigenvalue weighted by atomic mass is 9.98. The quantitative estimate of drug-likeness (QED) is 0.577. The van der Waals surface area contributed by atoms with Crippen LogP contribution in [0.3, 0.4) is 0 Å². The Morgan fingerprint density at radius 2 is 1.57 bits per heavy atom. The Bertz CT molecular complexity index is 888. The van der Waals surface area contributed by atoms with Gasteiger partial charge in [-0.2, -0.15) is 0 Å². The minimum Gasteiger partial charge on any atom is -0.497 e. The minimum atomic E-state index is -0.0272. The third-order valence-electron chi connectivity index (χ3n) is 5.02. The van der Waals surface area contributed by atoms with Crippen LogP contribution in [0.2, 0.25) is 0 Å². The molecule has 144 valence electrons. The number of hydrogen-bond acceptors (Lipinski definition) is 2. The first kappa shape index (κ1) is 19.7. The summed E-state index contributed by atoms with van der Waals surface area (Å²) < 4.78 is 5.22. The monoisotopic (exact) mass is 373 g/mol. The third kappa shape index (κ3) is 5.01. The molecule has 0 aliphatic heterocycles. The molecule has 0 aliphatic rings. The first-order valence-electron chi connectivity index (χ1n) is 9.78. The summed E-state index contributed by atoms with van der Waals surface area (Å²) in [6.45, 7) is 2.08. The molecule has 0 unspecified atom stereocenters. The average molecular weight is 373 g/mol. The van der Waals surface area contributed by atoms with Crippen LogP contribution in [0, 0.1) is 0 Å². The van der Waals surface area contributed by atoms with Crippen molar-refractivity contribution in [3.63, 3.8) is 0 Å². The maximum absolute atomic E-state index is 13.0. The molecule has 0 saturated carbocycles. The van der Waals surface area contributed by atoms with Gasteiger partial charge in [-0.25, -0.2) is 0 Å². The summed E-state index contributed by atoms with van der Waals surface area (Å²) in [6, 6.07) is 26.1.